The van der Waals surface area contributed by atoms with Crippen molar-refractivity contribution in [1.29, 1.82) is 0 Å². The highest BCUT2D eigenvalue weighted by Crippen LogP contribution is 2.37. The van der Waals surface area contributed by atoms with Crippen LogP contribution in [-0.2, 0) is 20.6 Å². The monoisotopic (exact) mass is 493 g/mol. The fourth-order valence-electron chi connectivity index (χ4n) is 2.75. The predicted molar refractivity (Wildman–Crippen MR) is 139 cm³/mol. The molecule has 2 atom stereocenters. The molecule has 1 aromatic carbocycles. The van der Waals surface area contributed by atoms with E-state index in [9.17, 15) is 14.4 Å². The van der Waals surface area contributed by atoms with Gasteiger partial charge in [-0.3, -0.25) is 9.59 Å². The number of hydrogen-bond donors (Lipinski definition) is 5. The van der Waals surface area contributed by atoms with Gasteiger partial charge >= 0.3 is 6.03 Å². The van der Waals surface area contributed by atoms with Crippen LogP contribution in [0.4, 0.5) is 10.5 Å². The lowest BCUT2D eigenvalue weighted by Crippen LogP contribution is -2.51. The van der Waals surface area contributed by atoms with Crippen LogP contribution >= 0.6 is 0 Å². The van der Waals surface area contributed by atoms with E-state index in [1.54, 1.807) is 0 Å². The Balaban J connectivity index is 2.79. The van der Waals surface area contributed by atoms with Gasteiger partial charge in [-0.25, -0.2) is 4.79 Å². The standard InChI is InChI=1S/C24H43N5O4Si/c1-16(2)20(25)22(31)29-19(9-8-14-27-23(26)32)21(30)28-18-12-10-17(11-13-18)15-33-34(6,7)24(3,4)5/h10-13,16,19-20H,8-9,14-15,25H2,1-7H3,(H,28,30)(H,29,31)(H3,26,27,32)/t19-,20-/m0/s1. The van der Waals surface area contributed by atoms with Gasteiger partial charge in [0.2, 0.25) is 11.8 Å². The molecular formula is C24H43N5O4Si. The minimum absolute atomic E-state index is 0.0682. The van der Waals surface area contributed by atoms with Crippen LogP contribution in [0.15, 0.2) is 24.3 Å². The van der Waals surface area contributed by atoms with Crippen molar-refractivity contribution in [2.75, 3.05) is 11.9 Å². The number of carbonyl (C=O) groups excluding carboxylic acids is 3. The second-order valence-corrected chi connectivity index (χ2v) is 15.3. The Bertz CT molecular complexity index is 822. The Kier molecular flexibility index (Phi) is 11.2. The first-order valence-electron chi connectivity index (χ1n) is 11.8. The van der Waals surface area contributed by atoms with E-state index >= 15 is 0 Å². The van der Waals surface area contributed by atoms with E-state index in [4.69, 9.17) is 15.9 Å². The van der Waals surface area contributed by atoms with Gasteiger partial charge in [0.25, 0.3) is 0 Å². The van der Waals surface area contributed by atoms with Crippen LogP contribution in [0.25, 0.3) is 0 Å². The van der Waals surface area contributed by atoms with Crippen molar-refractivity contribution < 1.29 is 18.8 Å². The van der Waals surface area contributed by atoms with Crippen molar-refractivity contribution in [3.8, 4) is 0 Å². The second kappa shape index (κ2) is 12.9. The highest BCUT2D eigenvalue weighted by atomic mass is 28.4. The van der Waals surface area contributed by atoms with Gasteiger partial charge in [0, 0.05) is 12.2 Å². The Labute approximate surface area is 204 Å². The second-order valence-electron chi connectivity index (χ2n) is 10.5. The van der Waals surface area contributed by atoms with Gasteiger partial charge in [0.1, 0.15) is 6.04 Å². The van der Waals surface area contributed by atoms with Crippen molar-refractivity contribution in [2.45, 2.75) is 84.3 Å². The van der Waals surface area contributed by atoms with Gasteiger partial charge in [-0.2, -0.15) is 0 Å². The third-order valence-electron chi connectivity index (χ3n) is 6.25. The Hall–Kier alpha value is -2.43. The summed E-state index contributed by atoms with van der Waals surface area (Å²) in [7, 11) is -1.85. The summed E-state index contributed by atoms with van der Waals surface area (Å²) in [4.78, 5) is 36.2. The maximum Gasteiger partial charge on any atom is 0.312 e. The molecule has 0 radical (unpaired) electrons. The van der Waals surface area contributed by atoms with Crippen LogP contribution in [0.1, 0.15) is 53.0 Å². The van der Waals surface area contributed by atoms with Crippen LogP contribution in [0.2, 0.25) is 18.1 Å². The van der Waals surface area contributed by atoms with E-state index in [1.807, 2.05) is 38.1 Å². The van der Waals surface area contributed by atoms with E-state index in [1.165, 1.54) is 0 Å². The van der Waals surface area contributed by atoms with E-state index in [-0.39, 0.29) is 16.9 Å². The van der Waals surface area contributed by atoms with Gasteiger partial charge in [0.05, 0.1) is 12.6 Å². The van der Waals surface area contributed by atoms with Crippen LogP contribution in [0.3, 0.4) is 0 Å². The molecule has 1 rings (SSSR count). The molecule has 9 nitrogen and oxygen atoms in total. The number of rotatable bonds is 12. The van der Waals surface area contributed by atoms with Crippen LogP contribution in [-0.4, -0.2) is 44.8 Å². The van der Waals surface area contributed by atoms with Crippen molar-refractivity contribution >= 4 is 31.9 Å². The molecule has 0 spiro atoms. The van der Waals surface area contributed by atoms with Gasteiger partial charge in [-0.15, -0.1) is 0 Å². The fraction of sp³-hybridized carbons (Fsp3) is 0.625. The number of amides is 4. The minimum Gasteiger partial charge on any atom is -0.413 e. The summed E-state index contributed by atoms with van der Waals surface area (Å²) in [5.41, 5.74) is 12.6. The minimum atomic E-state index is -1.85. The number of anilines is 1. The smallest absolute Gasteiger partial charge is 0.312 e. The molecule has 0 aliphatic carbocycles. The first kappa shape index (κ1) is 29.6. The average Bonchev–Trinajstić information content (AvgIpc) is 2.73. The number of primary amides is 1. The average molecular weight is 494 g/mol. The molecule has 0 saturated carbocycles. The molecule has 192 valence electrons. The van der Waals surface area contributed by atoms with E-state index in [0.29, 0.717) is 31.7 Å². The van der Waals surface area contributed by atoms with Crippen LogP contribution in [0, 0.1) is 5.92 Å². The normalized spacial score (nSPS) is 13.8. The molecule has 10 heteroatoms. The third-order valence-corrected chi connectivity index (χ3v) is 10.7. The van der Waals surface area contributed by atoms with Gasteiger partial charge in [-0.05, 0) is 54.6 Å². The highest BCUT2D eigenvalue weighted by molar-refractivity contribution is 6.74. The lowest BCUT2D eigenvalue weighted by molar-refractivity contribution is -0.128. The molecule has 34 heavy (non-hydrogen) atoms. The number of nitrogens with one attached hydrogen (secondary N) is 3. The number of benzene rings is 1. The summed E-state index contributed by atoms with van der Waals surface area (Å²) in [6.45, 7) is 15.5. The molecular weight excluding hydrogens is 450 g/mol. The number of hydrogen-bond acceptors (Lipinski definition) is 5. The van der Waals surface area contributed by atoms with Gasteiger partial charge in [-0.1, -0.05) is 46.8 Å². The first-order chi connectivity index (χ1) is 15.6. The summed E-state index contributed by atoms with van der Waals surface area (Å²) in [6, 6.07) is 5.31. The molecule has 7 N–H and O–H groups in total. The van der Waals surface area contributed by atoms with E-state index in [0.717, 1.165) is 5.56 Å². The summed E-state index contributed by atoms with van der Waals surface area (Å²) in [5.74, 6) is -0.814. The number of carbonyl (C=O) groups is 3. The molecule has 0 aliphatic heterocycles. The van der Waals surface area contributed by atoms with Gasteiger partial charge < -0.3 is 31.8 Å². The molecule has 1 aromatic rings. The summed E-state index contributed by atoms with van der Waals surface area (Å²) < 4.78 is 6.25. The van der Waals surface area contributed by atoms with Crippen molar-refractivity contribution in [3.63, 3.8) is 0 Å². The topological polar surface area (TPSA) is 149 Å². The molecule has 0 bridgehead atoms. The maximum atomic E-state index is 12.9. The fourth-order valence-corrected chi connectivity index (χ4v) is 3.71. The number of urea groups is 1. The van der Waals surface area contributed by atoms with Crippen LogP contribution in [0.5, 0.6) is 0 Å². The molecule has 4 amide bonds. The molecule has 0 saturated heterocycles. The quantitative estimate of drug-likeness (QED) is 0.224. The van der Waals surface area contributed by atoms with Crippen molar-refractivity contribution in [2.24, 2.45) is 17.4 Å². The Morgan fingerprint density at radius 1 is 1.06 bits per heavy atom. The molecule has 0 aromatic heterocycles. The Morgan fingerprint density at radius 2 is 1.65 bits per heavy atom. The summed E-state index contributed by atoms with van der Waals surface area (Å²) >= 11 is 0. The predicted octanol–water partition coefficient (Wildman–Crippen LogP) is 3.06. The number of nitrogens with two attached hydrogens (primary N) is 2. The molecule has 0 unspecified atom stereocenters. The lowest BCUT2D eigenvalue weighted by atomic mass is 10.0. The first-order valence-corrected chi connectivity index (χ1v) is 14.7. The van der Waals surface area contributed by atoms with E-state index in [2.05, 4.69) is 49.8 Å². The largest absolute Gasteiger partial charge is 0.413 e. The molecule has 0 heterocycles. The van der Waals surface area contributed by atoms with E-state index < -0.39 is 32.3 Å². The zero-order valence-corrected chi connectivity index (χ0v) is 22.7. The summed E-state index contributed by atoms with van der Waals surface area (Å²) in [5, 5.41) is 8.20. The van der Waals surface area contributed by atoms with Crippen molar-refractivity contribution in [1.82, 2.24) is 10.6 Å². The highest BCUT2D eigenvalue weighted by Gasteiger charge is 2.37. The van der Waals surface area contributed by atoms with Crippen molar-refractivity contribution in [3.05, 3.63) is 29.8 Å². The SMILES string of the molecule is CC(C)[C@H](N)C(=O)N[C@@H](CCCNC(N)=O)C(=O)Nc1ccc(CO[Si](C)(C)C(C)(C)C)cc1. The zero-order chi connectivity index (χ0) is 26.1. The molecule has 0 aliphatic rings. The van der Waals surface area contributed by atoms with Crippen LogP contribution < -0.4 is 27.4 Å². The Morgan fingerprint density at radius 3 is 2.15 bits per heavy atom. The maximum absolute atomic E-state index is 12.9. The third kappa shape index (κ3) is 9.82. The van der Waals surface area contributed by atoms with Gasteiger partial charge in [0.15, 0.2) is 8.32 Å². The zero-order valence-electron chi connectivity index (χ0n) is 21.7. The lowest BCUT2D eigenvalue weighted by Gasteiger charge is -2.36. The summed E-state index contributed by atoms with van der Waals surface area (Å²) in [6.07, 6.45) is 0.781. The molecule has 0 fully saturated rings.